The lowest BCUT2D eigenvalue weighted by Crippen LogP contribution is -2.42. The summed E-state index contributed by atoms with van der Waals surface area (Å²) in [6, 6.07) is 4.03. The summed E-state index contributed by atoms with van der Waals surface area (Å²) < 4.78 is 3.10. The molecular formula is C17H23BrIN5. The van der Waals surface area contributed by atoms with Crippen molar-refractivity contribution in [2.45, 2.75) is 32.2 Å². The van der Waals surface area contributed by atoms with Crippen molar-refractivity contribution >= 4 is 51.5 Å². The van der Waals surface area contributed by atoms with Crippen molar-refractivity contribution in [2.75, 3.05) is 20.1 Å². The molecule has 0 bridgehead atoms. The largest absolute Gasteiger partial charge is 0.351 e. The molecule has 4 rings (SSSR count). The molecule has 0 aromatic carbocycles. The van der Waals surface area contributed by atoms with E-state index in [-0.39, 0.29) is 24.0 Å². The second-order valence-corrected chi connectivity index (χ2v) is 7.69. The molecule has 0 amide bonds. The molecule has 5 nitrogen and oxygen atoms in total. The van der Waals surface area contributed by atoms with E-state index in [0.29, 0.717) is 12.0 Å². The van der Waals surface area contributed by atoms with Gasteiger partial charge in [0.05, 0.1) is 12.2 Å². The number of fused-ring (bicyclic) bond motifs is 1. The average molecular weight is 504 g/mol. The summed E-state index contributed by atoms with van der Waals surface area (Å²) in [5.41, 5.74) is 2.59. The third-order valence-electron chi connectivity index (χ3n) is 5.26. The van der Waals surface area contributed by atoms with Crippen LogP contribution in [0, 0.1) is 5.41 Å². The molecule has 3 heterocycles. The SMILES string of the molecule is CN=C(NCc1cn2cc(Br)ccc2n1)N1CCC2(CCC2)C1.I. The van der Waals surface area contributed by atoms with Crippen LogP contribution in [0.4, 0.5) is 0 Å². The Labute approximate surface area is 168 Å². The van der Waals surface area contributed by atoms with Gasteiger partial charge in [0.25, 0.3) is 0 Å². The van der Waals surface area contributed by atoms with Crippen LogP contribution >= 0.6 is 39.9 Å². The van der Waals surface area contributed by atoms with Gasteiger partial charge in [0.15, 0.2) is 5.96 Å². The van der Waals surface area contributed by atoms with Gasteiger partial charge in [-0.2, -0.15) is 0 Å². The van der Waals surface area contributed by atoms with Crippen LogP contribution in [-0.2, 0) is 6.54 Å². The lowest BCUT2D eigenvalue weighted by atomic mass is 9.68. The zero-order valence-electron chi connectivity index (χ0n) is 13.8. The van der Waals surface area contributed by atoms with Crippen molar-refractivity contribution in [2.24, 2.45) is 10.4 Å². The van der Waals surface area contributed by atoms with E-state index >= 15 is 0 Å². The van der Waals surface area contributed by atoms with Crippen LogP contribution in [0.2, 0.25) is 0 Å². The van der Waals surface area contributed by atoms with Crippen molar-refractivity contribution in [3.8, 4) is 0 Å². The monoisotopic (exact) mass is 503 g/mol. The van der Waals surface area contributed by atoms with E-state index in [4.69, 9.17) is 0 Å². The Hall–Kier alpha value is -0.830. The number of nitrogens with one attached hydrogen (secondary N) is 1. The van der Waals surface area contributed by atoms with Crippen molar-refractivity contribution < 1.29 is 0 Å². The summed E-state index contributed by atoms with van der Waals surface area (Å²) in [7, 11) is 1.87. The number of aromatic nitrogens is 2. The van der Waals surface area contributed by atoms with Gasteiger partial charge in [0.2, 0.25) is 0 Å². The molecule has 1 spiro atoms. The first-order valence-electron chi connectivity index (χ1n) is 8.26. The molecule has 0 radical (unpaired) electrons. The Morgan fingerprint density at radius 1 is 1.33 bits per heavy atom. The Bertz CT molecular complexity index is 753. The zero-order chi connectivity index (χ0) is 15.9. The molecule has 2 aromatic heterocycles. The average Bonchev–Trinajstić information content (AvgIpc) is 3.11. The van der Waals surface area contributed by atoms with E-state index in [1.54, 1.807) is 0 Å². The minimum absolute atomic E-state index is 0. The highest BCUT2D eigenvalue weighted by molar-refractivity contribution is 14.0. The highest BCUT2D eigenvalue weighted by atomic mass is 127. The fraction of sp³-hybridized carbons (Fsp3) is 0.529. The van der Waals surface area contributed by atoms with Gasteiger partial charge < -0.3 is 14.6 Å². The van der Waals surface area contributed by atoms with Gasteiger partial charge in [0, 0.05) is 37.0 Å². The molecule has 1 saturated heterocycles. The molecule has 1 aliphatic carbocycles. The first-order valence-corrected chi connectivity index (χ1v) is 9.06. The molecule has 24 heavy (non-hydrogen) atoms. The van der Waals surface area contributed by atoms with Crippen LogP contribution in [-0.4, -0.2) is 40.4 Å². The van der Waals surface area contributed by atoms with Gasteiger partial charge >= 0.3 is 0 Å². The molecule has 2 aromatic rings. The summed E-state index contributed by atoms with van der Waals surface area (Å²) in [4.78, 5) is 11.5. The fourth-order valence-corrected chi connectivity index (χ4v) is 4.16. The van der Waals surface area contributed by atoms with Crippen LogP contribution in [0.25, 0.3) is 5.65 Å². The van der Waals surface area contributed by atoms with E-state index in [2.05, 4.69) is 42.3 Å². The highest BCUT2D eigenvalue weighted by Crippen LogP contribution is 2.47. The van der Waals surface area contributed by atoms with Crippen LogP contribution in [0.3, 0.4) is 0 Å². The number of nitrogens with zero attached hydrogens (tertiary/aromatic N) is 4. The van der Waals surface area contributed by atoms with E-state index in [1.807, 2.05) is 29.8 Å². The normalized spacial score (nSPS) is 19.4. The Morgan fingerprint density at radius 2 is 2.17 bits per heavy atom. The fourth-order valence-electron chi connectivity index (χ4n) is 3.81. The maximum absolute atomic E-state index is 4.65. The number of halogens is 2. The number of aliphatic imine (C=N–C) groups is 1. The van der Waals surface area contributed by atoms with Crippen LogP contribution < -0.4 is 5.32 Å². The van der Waals surface area contributed by atoms with Crippen molar-refractivity contribution in [1.29, 1.82) is 0 Å². The van der Waals surface area contributed by atoms with Crippen LogP contribution in [0.5, 0.6) is 0 Å². The second-order valence-electron chi connectivity index (χ2n) is 6.77. The molecule has 0 unspecified atom stereocenters. The van der Waals surface area contributed by atoms with Crippen molar-refractivity contribution in [3.05, 3.63) is 34.7 Å². The maximum atomic E-state index is 4.65. The third-order valence-corrected chi connectivity index (χ3v) is 5.73. The maximum Gasteiger partial charge on any atom is 0.193 e. The summed E-state index contributed by atoms with van der Waals surface area (Å²) in [6.45, 7) is 2.98. The van der Waals surface area contributed by atoms with Gasteiger partial charge in [-0.3, -0.25) is 4.99 Å². The number of pyridine rings is 1. The summed E-state index contributed by atoms with van der Waals surface area (Å²) in [5.74, 6) is 1.01. The number of hydrogen-bond acceptors (Lipinski definition) is 2. The molecule has 0 atom stereocenters. The summed E-state index contributed by atoms with van der Waals surface area (Å²) >= 11 is 3.49. The minimum atomic E-state index is 0. The molecule has 1 N–H and O–H groups in total. The number of rotatable bonds is 2. The molecule has 7 heteroatoms. The number of hydrogen-bond donors (Lipinski definition) is 1. The molecule has 2 aliphatic rings. The topological polar surface area (TPSA) is 44.9 Å². The molecule has 1 aliphatic heterocycles. The van der Waals surface area contributed by atoms with E-state index in [9.17, 15) is 0 Å². The van der Waals surface area contributed by atoms with Gasteiger partial charge in [-0.1, -0.05) is 6.42 Å². The quantitative estimate of drug-likeness (QED) is 0.386. The standard InChI is InChI=1S/C17H22BrN5.HI/c1-19-16(22-8-7-17(12-22)5-2-6-17)20-9-14-11-23-10-13(18)3-4-15(23)21-14;/h3-4,10-11H,2,5-9,12H2,1H3,(H,19,20);1H. The summed E-state index contributed by atoms with van der Waals surface area (Å²) in [6.07, 6.45) is 9.59. The van der Waals surface area contributed by atoms with Gasteiger partial charge in [-0.25, -0.2) is 4.98 Å². The van der Waals surface area contributed by atoms with Crippen LogP contribution in [0.1, 0.15) is 31.4 Å². The number of guanidine groups is 1. The Morgan fingerprint density at radius 3 is 2.83 bits per heavy atom. The van der Waals surface area contributed by atoms with E-state index < -0.39 is 0 Å². The lowest BCUT2D eigenvalue weighted by Gasteiger charge is -2.38. The first-order chi connectivity index (χ1) is 11.2. The first kappa shape index (κ1) is 18.0. The van der Waals surface area contributed by atoms with Crippen LogP contribution in [0.15, 0.2) is 34.0 Å². The zero-order valence-corrected chi connectivity index (χ0v) is 17.8. The summed E-state index contributed by atoms with van der Waals surface area (Å²) in [5, 5.41) is 3.48. The van der Waals surface area contributed by atoms with Gasteiger partial charge in [-0.15, -0.1) is 24.0 Å². The smallest absolute Gasteiger partial charge is 0.193 e. The Balaban J connectivity index is 0.00000169. The third kappa shape index (κ3) is 3.42. The van der Waals surface area contributed by atoms with Crippen molar-refractivity contribution in [3.63, 3.8) is 0 Å². The second kappa shape index (κ2) is 7.19. The predicted molar refractivity (Wildman–Crippen MR) is 111 cm³/mol. The number of imidazole rings is 1. The van der Waals surface area contributed by atoms with E-state index in [1.165, 1.54) is 25.7 Å². The minimum Gasteiger partial charge on any atom is -0.351 e. The molecule has 2 fully saturated rings. The molecule has 1 saturated carbocycles. The van der Waals surface area contributed by atoms with Gasteiger partial charge in [-0.05, 0) is 52.7 Å². The Kier molecular flexibility index (Phi) is 5.39. The van der Waals surface area contributed by atoms with Crippen molar-refractivity contribution in [1.82, 2.24) is 19.6 Å². The van der Waals surface area contributed by atoms with Gasteiger partial charge in [0.1, 0.15) is 5.65 Å². The molecule has 130 valence electrons. The number of likely N-dealkylation sites (tertiary alicyclic amines) is 1. The molecular weight excluding hydrogens is 481 g/mol. The van der Waals surface area contributed by atoms with E-state index in [0.717, 1.165) is 34.9 Å². The highest BCUT2D eigenvalue weighted by Gasteiger charge is 2.43. The lowest BCUT2D eigenvalue weighted by molar-refractivity contribution is 0.151. The predicted octanol–water partition coefficient (Wildman–Crippen LogP) is 3.67.